The van der Waals surface area contributed by atoms with Crippen LogP contribution in [0, 0.1) is 5.41 Å². The molecular weight excluding hydrogens is 334 g/mol. The first-order chi connectivity index (χ1) is 12.5. The average molecular weight is 357 g/mol. The highest BCUT2D eigenvalue weighted by Crippen LogP contribution is 2.45. The molecule has 7 heteroatoms. The molecule has 1 saturated heterocycles. The SMILES string of the molecule is O=C(CN1C(=O)CC2(CCCCC2)C1=O)NC(=O)NCc1ccccc1. The number of carbonyl (C=O) groups excluding carboxylic acids is 4. The number of hydrogen-bond donors (Lipinski definition) is 2. The number of amides is 5. The molecule has 3 rings (SSSR count). The molecule has 1 aliphatic carbocycles. The summed E-state index contributed by atoms with van der Waals surface area (Å²) in [5.41, 5.74) is 0.282. The smallest absolute Gasteiger partial charge is 0.321 e. The van der Waals surface area contributed by atoms with Crippen LogP contribution < -0.4 is 10.6 Å². The summed E-state index contributed by atoms with van der Waals surface area (Å²) in [6.45, 7) is -0.122. The normalized spacial score (nSPS) is 18.8. The molecule has 138 valence electrons. The van der Waals surface area contributed by atoms with Crippen LogP contribution in [0.2, 0.25) is 0 Å². The highest BCUT2D eigenvalue weighted by atomic mass is 16.2. The molecule has 0 radical (unpaired) electrons. The molecule has 1 aliphatic heterocycles. The zero-order chi connectivity index (χ0) is 18.6. The summed E-state index contributed by atoms with van der Waals surface area (Å²) in [7, 11) is 0. The fraction of sp³-hybridized carbons (Fsp3) is 0.474. The number of benzene rings is 1. The number of rotatable bonds is 4. The summed E-state index contributed by atoms with van der Waals surface area (Å²) in [5.74, 6) is -1.25. The van der Waals surface area contributed by atoms with Crippen LogP contribution in [0.15, 0.2) is 30.3 Å². The largest absolute Gasteiger partial charge is 0.334 e. The van der Waals surface area contributed by atoms with E-state index in [0.29, 0.717) is 12.8 Å². The third-order valence-electron chi connectivity index (χ3n) is 5.15. The number of carbonyl (C=O) groups is 4. The molecule has 5 amide bonds. The molecular formula is C19H23N3O4. The van der Waals surface area contributed by atoms with Crippen LogP contribution in [0.4, 0.5) is 4.79 Å². The zero-order valence-corrected chi connectivity index (χ0v) is 14.6. The number of nitrogens with one attached hydrogen (secondary N) is 2. The summed E-state index contributed by atoms with van der Waals surface area (Å²) < 4.78 is 0. The van der Waals surface area contributed by atoms with Crippen molar-refractivity contribution >= 4 is 23.8 Å². The molecule has 7 nitrogen and oxygen atoms in total. The van der Waals surface area contributed by atoms with E-state index < -0.39 is 23.9 Å². The first kappa shape index (κ1) is 18.1. The van der Waals surface area contributed by atoms with Gasteiger partial charge in [0.05, 0.1) is 5.41 Å². The number of hydrogen-bond acceptors (Lipinski definition) is 4. The van der Waals surface area contributed by atoms with Gasteiger partial charge in [0, 0.05) is 13.0 Å². The van der Waals surface area contributed by atoms with Gasteiger partial charge in [0.2, 0.25) is 17.7 Å². The monoisotopic (exact) mass is 357 g/mol. The lowest BCUT2D eigenvalue weighted by atomic mass is 9.73. The van der Waals surface area contributed by atoms with E-state index in [1.165, 1.54) is 0 Å². The Kier molecular flexibility index (Phi) is 5.35. The van der Waals surface area contributed by atoms with Gasteiger partial charge in [-0.1, -0.05) is 49.6 Å². The number of urea groups is 1. The fourth-order valence-corrected chi connectivity index (χ4v) is 3.77. The Morgan fingerprint density at radius 1 is 1.04 bits per heavy atom. The van der Waals surface area contributed by atoms with Gasteiger partial charge < -0.3 is 5.32 Å². The van der Waals surface area contributed by atoms with Crippen LogP contribution in [0.5, 0.6) is 0 Å². The molecule has 2 fully saturated rings. The first-order valence-electron chi connectivity index (χ1n) is 8.97. The average Bonchev–Trinajstić information content (AvgIpc) is 2.85. The molecule has 1 aromatic carbocycles. The first-order valence-corrected chi connectivity index (χ1v) is 8.97. The van der Waals surface area contributed by atoms with Crippen molar-refractivity contribution in [2.45, 2.75) is 45.1 Å². The van der Waals surface area contributed by atoms with Gasteiger partial charge in [0.1, 0.15) is 6.54 Å². The minimum Gasteiger partial charge on any atom is -0.334 e. The molecule has 0 bridgehead atoms. The summed E-state index contributed by atoms with van der Waals surface area (Å²) in [5, 5.41) is 4.75. The lowest BCUT2D eigenvalue weighted by Gasteiger charge is -2.30. The summed E-state index contributed by atoms with van der Waals surface area (Å²) >= 11 is 0. The summed E-state index contributed by atoms with van der Waals surface area (Å²) in [4.78, 5) is 49.8. The molecule has 1 saturated carbocycles. The van der Waals surface area contributed by atoms with Crippen LogP contribution in [-0.4, -0.2) is 35.2 Å². The molecule has 0 unspecified atom stereocenters. The summed E-state index contributed by atoms with van der Waals surface area (Å²) in [6, 6.07) is 8.64. The second-order valence-electron chi connectivity index (χ2n) is 7.02. The summed E-state index contributed by atoms with van der Waals surface area (Å²) in [6.07, 6.45) is 4.52. The predicted octanol–water partition coefficient (Wildman–Crippen LogP) is 1.72. The zero-order valence-electron chi connectivity index (χ0n) is 14.6. The van der Waals surface area contributed by atoms with Gasteiger partial charge in [-0.2, -0.15) is 0 Å². The highest BCUT2D eigenvalue weighted by molar-refractivity contribution is 6.09. The third-order valence-corrected chi connectivity index (χ3v) is 5.15. The Morgan fingerprint density at radius 3 is 2.42 bits per heavy atom. The Balaban J connectivity index is 1.50. The lowest BCUT2D eigenvalue weighted by molar-refractivity contribution is -0.145. The Labute approximate surface area is 152 Å². The van der Waals surface area contributed by atoms with E-state index >= 15 is 0 Å². The fourth-order valence-electron chi connectivity index (χ4n) is 3.77. The van der Waals surface area contributed by atoms with Crippen molar-refractivity contribution in [3.8, 4) is 0 Å². The van der Waals surface area contributed by atoms with Gasteiger partial charge in [-0.15, -0.1) is 0 Å². The molecule has 1 aromatic rings. The van der Waals surface area contributed by atoms with Gasteiger partial charge in [-0.25, -0.2) is 4.79 Å². The van der Waals surface area contributed by atoms with Gasteiger partial charge in [0.15, 0.2) is 0 Å². The van der Waals surface area contributed by atoms with Gasteiger partial charge in [0.25, 0.3) is 0 Å². The molecule has 1 spiro atoms. The van der Waals surface area contributed by atoms with Crippen molar-refractivity contribution in [2.75, 3.05) is 6.54 Å². The molecule has 1 heterocycles. The topological polar surface area (TPSA) is 95.6 Å². The highest BCUT2D eigenvalue weighted by Gasteiger charge is 2.51. The molecule has 0 atom stereocenters. The van der Waals surface area contributed by atoms with Gasteiger partial charge in [-0.3, -0.25) is 24.6 Å². The maximum absolute atomic E-state index is 12.6. The second-order valence-corrected chi connectivity index (χ2v) is 7.02. The van der Waals surface area contributed by atoms with E-state index in [2.05, 4.69) is 10.6 Å². The van der Waals surface area contributed by atoms with Crippen molar-refractivity contribution in [3.63, 3.8) is 0 Å². The Hall–Kier alpha value is -2.70. The maximum Gasteiger partial charge on any atom is 0.321 e. The molecule has 2 aliphatic rings. The van der Waals surface area contributed by atoms with E-state index in [9.17, 15) is 19.2 Å². The van der Waals surface area contributed by atoms with Crippen LogP contribution in [0.1, 0.15) is 44.1 Å². The van der Waals surface area contributed by atoms with E-state index in [0.717, 1.165) is 29.7 Å². The predicted molar refractivity (Wildman–Crippen MR) is 93.7 cm³/mol. The molecule has 2 N–H and O–H groups in total. The lowest BCUT2D eigenvalue weighted by Crippen LogP contribution is -2.46. The Bertz CT molecular complexity index is 711. The number of nitrogens with zero attached hydrogens (tertiary/aromatic N) is 1. The van der Waals surface area contributed by atoms with Crippen molar-refractivity contribution < 1.29 is 19.2 Å². The standard InChI is InChI=1S/C19H23N3O4/c23-15(21-18(26)20-12-14-7-3-1-4-8-14)13-22-16(24)11-19(17(22)25)9-5-2-6-10-19/h1,3-4,7-8H,2,5-6,9-13H2,(H2,20,21,23,26). The van der Waals surface area contributed by atoms with Crippen LogP contribution in [0.3, 0.4) is 0 Å². The van der Waals surface area contributed by atoms with E-state index in [1.807, 2.05) is 30.3 Å². The van der Waals surface area contributed by atoms with Gasteiger partial charge in [-0.05, 0) is 18.4 Å². The van der Waals surface area contributed by atoms with E-state index in [-0.39, 0.29) is 24.8 Å². The van der Waals surface area contributed by atoms with E-state index in [4.69, 9.17) is 0 Å². The van der Waals surface area contributed by atoms with Crippen molar-refractivity contribution in [2.24, 2.45) is 5.41 Å². The third kappa shape index (κ3) is 3.92. The Morgan fingerprint density at radius 2 is 1.73 bits per heavy atom. The van der Waals surface area contributed by atoms with Gasteiger partial charge >= 0.3 is 6.03 Å². The van der Waals surface area contributed by atoms with Crippen molar-refractivity contribution in [1.82, 2.24) is 15.5 Å². The van der Waals surface area contributed by atoms with Crippen LogP contribution in [-0.2, 0) is 20.9 Å². The van der Waals surface area contributed by atoms with E-state index in [1.54, 1.807) is 0 Å². The van der Waals surface area contributed by atoms with Crippen molar-refractivity contribution in [3.05, 3.63) is 35.9 Å². The van der Waals surface area contributed by atoms with Crippen LogP contribution in [0.25, 0.3) is 0 Å². The number of likely N-dealkylation sites (tertiary alicyclic amines) is 1. The van der Waals surface area contributed by atoms with Crippen molar-refractivity contribution in [1.29, 1.82) is 0 Å². The maximum atomic E-state index is 12.6. The molecule has 26 heavy (non-hydrogen) atoms. The quantitative estimate of drug-likeness (QED) is 0.802. The minimum absolute atomic E-state index is 0.180. The second kappa shape index (κ2) is 7.68. The minimum atomic E-state index is -0.662. The number of imide groups is 2. The van der Waals surface area contributed by atoms with Crippen LogP contribution >= 0.6 is 0 Å². The molecule has 0 aromatic heterocycles.